The summed E-state index contributed by atoms with van der Waals surface area (Å²) in [6, 6.07) is 16.1. The van der Waals surface area contributed by atoms with Gasteiger partial charge in [-0.3, -0.25) is 9.59 Å². The molecule has 0 aromatic heterocycles. The molecule has 0 aliphatic heterocycles. The number of aliphatic carboxylic acids is 1. The van der Waals surface area contributed by atoms with E-state index in [1.807, 2.05) is 30.3 Å². The Balaban J connectivity index is 1.71. The molecule has 0 heterocycles. The highest BCUT2D eigenvalue weighted by Gasteiger charge is 2.29. The van der Waals surface area contributed by atoms with Gasteiger partial charge in [-0.1, -0.05) is 30.3 Å². The molecule has 1 amide bonds. The van der Waals surface area contributed by atoms with E-state index >= 15 is 0 Å². The zero-order valence-corrected chi connectivity index (χ0v) is 14.9. The van der Waals surface area contributed by atoms with Crippen molar-refractivity contribution in [2.24, 2.45) is 0 Å². The van der Waals surface area contributed by atoms with E-state index in [9.17, 15) is 14.7 Å². The fraction of sp³-hybridized carbons (Fsp3) is 0.300. The summed E-state index contributed by atoms with van der Waals surface area (Å²) in [5, 5.41) is 11.9. The molecule has 26 heavy (non-hydrogen) atoms. The highest BCUT2D eigenvalue weighted by molar-refractivity contribution is 5.91. The lowest BCUT2D eigenvalue weighted by molar-refractivity contribution is -0.142. The summed E-state index contributed by atoms with van der Waals surface area (Å²) < 4.78 is 10.7. The number of carboxylic acids is 1. The number of nitrogens with one attached hydrogen (secondary N) is 1. The molecular weight excluding hydrogens is 334 g/mol. The SMILES string of the molecule is CC(C)(C(=O)O)c1ccc(NC(=O)COCCOc2ccccc2)cc1. The van der Waals surface area contributed by atoms with Crippen molar-refractivity contribution in [2.45, 2.75) is 19.3 Å². The number of hydrogen-bond donors (Lipinski definition) is 2. The maximum absolute atomic E-state index is 11.9. The van der Waals surface area contributed by atoms with Crippen LogP contribution >= 0.6 is 0 Å². The Bertz CT molecular complexity index is 726. The van der Waals surface area contributed by atoms with Gasteiger partial charge < -0.3 is 19.9 Å². The fourth-order valence-corrected chi connectivity index (χ4v) is 2.19. The van der Waals surface area contributed by atoms with Gasteiger partial charge in [0.25, 0.3) is 0 Å². The number of rotatable bonds is 9. The number of amides is 1. The quantitative estimate of drug-likeness (QED) is 0.674. The number of anilines is 1. The molecule has 0 aliphatic rings. The Labute approximate surface area is 152 Å². The minimum absolute atomic E-state index is 0.0828. The molecule has 2 N–H and O–H groups in total. The van der Waals surface area contributed by atoms with Crippen molar-refractivity contribution < 1.29 is 24.2 Å². The zero-order chi connectivity index (χ0) is 19.0. The molecule has 0 atom stereocenters. The Morgan fingerprint density at radius 1 is 1.00 bits per heavy atom. The van der Waals surface area contributed by atoms with E-state index in [2.05, 4.69) is 5.32 Å². The summed E-state index contributed by atoms with van der Waals surface area (Å²) in [5.41, 5.74) is 0.270. The Kier molecular flexibility index (Phi) is 6.74. The van der Waals surface area contributed by atoms with Gasteiger partial charge in [-0.2, -0.15) is 0 Å². The summed E-state index contributed by atoms with van der Waals surface area (Å²) in [7, 11) is 0. The lowest BCUT2D eigenvalue weighted by Crippen LogP contribution is -2.28. The summed E-state index contributed by atoms with van der Waals surface area (Å²) >= 11 is 0. The van der Waals surface area contributed by atoms with Crippen LogP contribution in [0, 0.1) is 0 Å². The molecule has 0 fully saturated rings. The van der Waals surface area contributed by atoms with Crippen LogP contribution in [0.15, 0.2) is 54.6 Å². The third-order valence-corrected chi connectivity index (χ3v) is 3.90. The molecule has 0 bridgehead atoms. The van der Waals surface area contributed by atoms with Gasteiger partial charge >= 0.3 is 5.97 Å². The van der Waals surface area contributed by atoms with Crippen molar-refractivity contribution in [1.82, 2.24) is 0 Å². The van der Waals surface area contributed by atoms with Gasteiger partial charge in [0, 0.05) is 5.69 Å². The molecule has 2 rings (SSSR count). The van der Waals surface area contributed by atoms with Crippen LogP contribution in [-0.2, 0) is 19.7 Å². The smallest absolute Gasteiger partial charge is 0.313 e. The number of ether oxygens (including phenoxy) is 2. The van der Waals surface area contributed by atoms with Crippen molar-refractivity contribution in [3.63, 3.8) is 0 Å². The summed E-state index contributed by atoms with van der Waals surface area (Å²) in [6.07, 6.45) is 0. The third-order valence-electron chi connectivity index (χ3n) is 3.90. The highest BCUT2D eigenvalue weighted by Crippen LogP contribution is 2.24. The number of benzene rings is 2. The topological polar surface area (TPSA) is 84.9 Å². The normalized spacial score (nSPS) is 11.0. The first-order valence-electron chi connectivity index (χ1n) is 8.29. The van der Waals surface area contributed by atoms with Crippen LogP contribution in [0.2, 0.25) is 0 Å². The Hall–Kier alpha value is -2.86. The van der Waals surface area contributed by atoms with Crippen LogP contribution in [0.5, 0.6) is 5.75 Å². The van der Waals surface area contributed by atoms with Crippen LogP contribution < -0.4 is 10.1 Å². The van der Waals surface area contributed by atoms with Gasteiger partial charge in [0.1, 0.15) is 19.0 Å². The van der Waals surface area contributed by atoms with Crippen molar-refractivity contribution >= 4 is 17.6 Å². The molecule has 0 radical (unpaired) electrons. The van der Waals surface area contributed by atoms with Gasteiger partial charge in [-0.25, -0.2) is 0 Å². The lowest BCUT2D eigenvalue weighted by Gasteiger charge is -2.19. The van der Waals surface area contributed by atoms with Crippen LogP contribution in [0.1, 0.15) is 19.4 Å². The second kappa shape index (κ2) is 9.01. The van der Waals surface area contributed by atoms with E-state index in [4.69, 9.17) is 9.47 Å². The molecule has 0 saturated carbocycles. The first kappa shape index (κ1) is 19.5. The maximum Gasteiger partial charge on any atom is 0.313 e. The minimum Gasteiger partial charge on any atom is -0.491 e. The summed E-state index contributed by atoms with van der Waals surface area (Å²) in [6.45, 7) is 3.84. The first-order valence-corrected chi connectivity index (χ1v) is 8.29. The highest BCUT2D eigenvalue weighted by atomic mass is 16.5. The van der Waals surface area contributed by atoms with Gasteiger partial charge in [-0.15, -0.1) is 0 Å². The number of carbonyl (C=O) groups excluding carboxylic acids is 1. The van der Waals surface area contributed by atoms with Gasteiger partial charge in [-0.05, 0) is 43.7 Å². The van der Waals surface area contributed by atoms with Crippen molar-refractivity contribution in [3.8, 4) is 5.75 Å². The molecule has 2 aromatic rings. The molecule has 6 nitrogen and oxygen atoms in total. The largest absolute Gasteiger partial charge is 0.491 e. The number of hydrogen-bond acceptors (Lipinski definition) is 4. The monoisotopic (exact) mass is 357 g/mol. The number of para-hydroxylation sites is 1. The van der Waals surface area contributed by atoms with Crippen LogP contribution in [0.4, 0.5) is 5.69 Å². The van der Waals surface area contributed by atoms with Crippen molar-refractivity contribution in [1.29, 1.82) is 0 Å². The first-order chi connectivity index (χ1) is 12.4. The predicted molar refractivity (Wildman–Crippen MR) is 98.5 cm³/mol. The molecule has 138 valence electrons. The molecule has 0 spiro atoms. The second-order valence-corrected chi connectivity index (χ2v) is 6.27. The average molecular weight is 357 g/mol. The molecule has 0 aliphatic carbocycles. The second-order valence-electron chi connectivity index (χ2n) is 6.27. The van der Waals surface area contributed by atoms with E-state index in [0.29, 0.717) is 24.5 Å². The number of carbonyl (C=O) groups is 2. The van der Waals surface area contributed by atoms with Gasteiger partial charge in [0.05, 0.1) is 12.0 Å². The number of carboxylic acid groups (broad SMARTS) is 1. The van der Waals surface area contributed by atoms with E-state index in [0.717, 1.165) is 5.75 Å². The van der Waals surface area contributed by atoms with Crippen LogP contribution in [0.3, 0.4) is 0 Å². The molecule has 0 saturated heterocycles. The molecule has 0 unspecified atom stereocenters. The molecule has 6 heteroatoms. The third kappa shape index (κ3) is 5.60. The van der Waals surface area contributed by atoms with Gasteiger partial charge in [0.2, 0.25) is 5.91 Å². The minimum atomic E-state index is -0.982. The zero-order valence-electron chi connectivity index (χ0n) is 14.9. The summed E-state index contributed by atoms with van der Waals surface area (Å²) in [5.74, 6) is -0.430. The Morgan fingerprint density at radius 3 is 2.27 bits per heavy atom. The van der Waals surface area contributed by atoms with E-state index in [1.54, 1.807) is 38.1 Å². The van der Waals surface area contributed by atoms with Gasteiger partial charge in [0.15, 0.2) is 0 Å². The Morgan fingerprint density at radius 2 is 1.65 bits per heavy atom. The lowest BCUT2D eigenvalue weighted by atomic mass is 9.85. The van der Waals surface area contributed by atoms with E-state index < -0.39 is 11.4 Å². The van der Waals surface area contributed by atoms with E-state index in [1.165, 1.54) is 0 Å². The fourth-order valence-electron chi connectivity index (χ4n) is 2.19. The van der Waals surface area contributed by atoms with Crippen LogP contribution in [0.25, 0.3) is 0 Å². The van der Waals surface area contributed by atoms with Crippen molar-refractivity contribution in [2.75, 3.05) is 25.1 Å². The molecule has 2 aromatic carbocycles. The average Bonchev–Trinajstić information content (AvgIpc) is 2.62. The standard InChI is InChI=1S/C20H23NO5/c1-20(2,19(23)24)15-8-10-16(11-9-15)21-18(22)14-25-12-13-26-17-6-4-3-5-7-17/h3-11H,12-14H2,1-2H3,(H,21,22)(H,23,24). The predicted octanol–water partition coefficient (Wildman–Crippen LogP) is 3.08. The van der Waals surface area contributed by atoms with Crippen LogP contribution in [-0.4, -0.2) is 36.8 Å². The van der Waals surface area contributed by atoms with E-state index in [-0.39, 0.29) is 12.5 Å². The summed E-state index contributed by atoms with van der Waals surface area (Å²) in [4.78, 5) is 23.1. The maximum atomic E-state index is 11.9. The van der Waals surface area contributed by atoms with Crippen molar-refractivity contribution in [3.05, 3.63) is 60.2 Å². The molecular formula is C20H23NO5.